The monoisotopic (exact) mass is 412 g/mol. The number of thioether (sulfide) groups is 1. The number of imidazole rings is 1. The molecule has 3 aromatic rings. The molecule has 0 amide bonds. The Morgan fingerprint density at radius 2 is 2.23 bits per heavy atom. The lowest BCUT2D eigenvalue weighted by molar-refractivity contribution is -0.667. The van der Waals surface area contributed by atoms with Gasteiger partial charge in [-0.3, -0.25) is 4.79 Å². The van der Waals surface area contributed by atoms with Gasteiger partial charge >= 0.3 is 17.5 Å². The quantitative estimate of drug-likeness (QED) is 0.457. The van der Waals surface area contributed by atoms with Crippen molar-refractivity contribution in [3.05, 3.63) is 45.1 Å². The molecule has 0 spiro atoms. The minimum absolute atomic E-state index is 0.0133. The molecule has 0 saturated heterocycles. The molecule has 0 saturated carbocycles. The Morgan fingerprint density at radius 1 is 1.46 bits per heavy atom. The minimum Gasteiger partial charge on any atom is -0.477 e. The van der Waals surface area contributed by atoms with Gasteiger partial charge in [-0.15, -0.1) is 11.3 Å². The van der Waals surface area contributed by atoms with Gasteiger partial charge < -0.3 is 10.2 Å². The SMILES string of the molecule is CCSCC(=O)c1c(O)[n+](Cc2cnc(Cl)s2)c2c(C(=O)O)cccn12. The molecule has 0 bridgehead atoms. The summed E-state index contributed by atoms with van der Waals surface area (Å²) in [5.74, 6) is -0.737. The summed E-state index contributed by atoms with van der Waals surface area (Å²) in [5, 5.41) is 20.3. The Bertz CT molecular complexity index is 999. The lowest BCUT2D eigenvalue weighted by Gasteiger charge is -1.98. The molecule has 7 nitrogen and oxygen atoms in total. The topological polar surface area (TPSA) is 95.8 Å². The zero-order chi connectivity index (χ0) is 18.8. The number of nitrogens with zero attached hydrogens (tertiary/aromatic N) is 3. The number of halogens is 1. The van der Waals surface area contributed by atoms with Crippen molar-refractivity contribution in [3.8, 4) is 5.88 Å². The molecule has 0 unspecified atom stereocenters. The molecule has 3 aromatic heterocycles. The number of Topliss-reactive ketones (excluding diaryl/α,β-unsaturated/α-hetero) is 1. The van der Waals surface area contributed by atoms with E-state index in [2.05, 4.69) is 4.98 Å². The fourth-order valence-corrected chi connectivity index (χ4v) is 4.14. The fourth-order valence-electron chi connectivity index (χ4n) is 2.64. The number of thiazole rings is 1. The van der Waals surface area contributed by atoms with Gasteiger partial charge in [-0.25, -0.2) is 9.78 Å². The number of aromatic nitrogens is 3. The number of aromatic hydroxyl groups is 1. The molecule has 0 aromatic carbocycles. The van der Waals surface area contributed by atoms with Crippen molar-refractivity contribution in [3.63, 3.8) is 0 Å². The summed E-state index contributed by atoms with van der Waals surface area (Å²) in [5.41, 5.74) is 0.284. The van der Waals surface area contributed by atoms with Crippen LogP contribution in [0.2, 0.25) is 4.47 Å². The number of hydrogen-bond donors (Lipinski definition) is 2. The van der Waals surface area contributed by atoms with E-state index < -0.39 is 5.97 Å². The molecule has 0 radical (unpaired) electrons. The average molecular weight is 413 g/mol. The molecule has 0 aliphatic heterocycles. The van der Waals surface area contributed by atoms with Crippen LogP contribution >= 0.6 is 34.7 Å². The maximum Gasteiger partial charge on any atom is 0.344 e. The highest BCUT2D eigenvalue weighted by atomic mass is 35.5. The molecule has 0 atom stereocenters. The van der Waals surface area contributed by atoms with Gasteiger partial charge in [0.15, 0.2) is 4.47 Å². The molecular weight excluding hydrogens is 398 g/mol. The number of carbonyl (C=O) groups is 2. The van der Waals surface area contributed by atoms with Crippen LogP contribution < -0.4 is 4.57 Å². The summed E-state index contributed by atoms with van der Waals surface area (Å²) in [4.78, 5) is 28.9. The van der Waals surface area contributed by atoms with Crippen molar-refractivity contribution in [2.75, 3.05) is 11.5 Å². The maximum atomic E-state index is 12.6. The number of aromatic carboxylic acids is 1. The minimum atomic E-state index is -1.15. The predicted molar refractivity (Wildman–Crippen MR) is 99.8 cm³/mol. The van der Waals surface area contributed by atoms with E-state index in [4.69, 9.17) is 11.6 Å². The first-order chi connectivity index (χ1) is 12.4. The Kier molecular flexibility index (Phi) is 5.49. The number of rotatable bonds is 7. The maximum absolute atomic E-state index is 12.6. The van der Waals surface area contributed by atoms with Gasteiger partial charge in [0.1, 0.15) is 12.1 Å². The van der Waals surface area contributed by atoms with E-state index in [1.54, 1.807) is 12.4 Å². The van der Waals surface area contributed by atoms with Crippen LogP contribution in [-0.2, 0) is 6.54 Å². The van der Waals surface area contributed by atoms with Gasteiger partial charge in [0.05, 0.1) is 16.8 Å². The molecule has 26 heavy (non-hydrogen) atoms. The van der Waals surface area contributed by atoms with Crippen molar-refractivity contribution in [2.45, 2.75) is 13.5 Å². The number of carboxylic acid groups (broad SMARTS) is 1. The molecule has 0 fully saturated rings. The number of carboxylic acids is 1. The Hall–Kier alpha value is -2.10. The van der Waals surface area contributed by atoms with Crippen molar-refractivity contribution >= 4 is 52.1 Å². The van der Waals surface area contributed by atoms with Crippen LogP contribution in [0.25, 0.3) is 5.65 Å². The second kappa shape index (κ2) is 7.65. The van der Waals surface area contributed by atoms with Crippen molar-refractivity contribution in [2.24, 2.45) is 0 Å². The fraction of sp³-hybridized carbons (Fsp3) is 0.250. The van der Waals surface area contributed by atoms with Crippen molar-refractivity contribution in [1.29, 1.82) is 0 Å². The van der Waals surface area contributed by atoms with Crippen molar-refractivity contribution < 1.29 is 24.4 Å². The first kappa shape index (κ1) is 18.7. The number of carbonyl (C=O) groups excluding carboxylic acids is 1. The van der Waals surface area contributed by atoms with E-state index in [1.165, 1.54) is 44.2 Å². The first-order valence-electron chi connectivity index (χ1n) is 7.64. The van der Waals surface area contributed by atoms with Gasteiger partial charge in [-0.1, -0.05) is 18.5 Å². The Labute approximate surface area is 161 Å². The molecular formula is C16H15ClN3O4S2+. The third-order valence-electron chi connectivity index (χ3n) is 3.70. The summed E-state index contributed by atoms with van der Waals surface area (Å²) < 4.78 is 3.18. The zero-order valence-electron chi connectivity index (χ0n) is 13.7. The number of pyridine rings is 1. The summed E-state index contributed by atoms with van der Waals surface area (Å²) in [6.45, 7) is 2.09. The van der Waals surface area contributed by atoms with Crippen molar-refractivity contribution in [1.82, 2.24) is 9.38 Å². The smallest absolute Gasteiger partial charge is 0.344 e. The number of fused-ring (bicyclic) bond motifs is 1. The highest BCUT2D eigenvalue weighted by molar-refractivity contribution is 7.99. The highest BCUT2D eigenvalue weighted by Crippen LogP contribution is 2.24. The third-order valence-corrected chi connectivity index (χ3v) is 5.68. The van der Waals surface area contributed by atoms with Crippen LogP contribution in [0.4, 0.5) is 0 Å². The van der Waals surface area contributed by atoms with Gasteiger partial charge in [0.25, 0.3) is 5.69 Å². The van der Waals surface area contributed by atoms with E-state index in [0.29, 0.717) is 4.47 Å². The van der Waals surface area contributed by atoms with Crippen LogP contribution in [0, 0.1) is 0 Å². The van der Waals surface area contributed by atoms with Gasteiger partial charge in [-0.05, 0) is 17.9 Å². The second-order valence-electron chi connectivity index (χ2n) is 5.32. The summed E-state index contributed by atoms with van der Waals surface area (Å²) in [6, 6.07) is 2.97. The van der Waals surface area contributed by atoms with Gasteiger partial charge in [0, 0.05) is 6.20 Å². The molecule has 3 heterocycles. The first-order valence-corrected chi connectivity index (χ1v) is 9.99. The largest absolute Gasteiger partial charge is 0.477 e. The lowest BCUT2D eigenvalue weighted by atomic mass is 10.2. The number of ketones is 1. The van der Waals surface area contributed by atoms with Gasteiger partial charge in [-0.2, -0.15) is 20.7 Å². The summed E-state index contributed by atoms with van der Waals surface area (Å²) in [6.07, 6.45) is 3.13. The van der Waals surface area contributed by atoms with Gasteiger partial charge in [0.2, 0.25) is 5.78 Å². The molecule has 0 aliphatic rings. The summed E-state index contributed by atoms with van der Waals surface area (Å²) >= 11 is 8.51. The van der Waals surface area contributed by atoms with E-state index in [0.717, 1.165) is 10.6 Å². The molecule has 2 N–H and O–H groups in total. The molecule has 10 heteroatoms. The van der Waals surface area contributed by atoms with Crippen LogP contribution in [-0.4, -0.2) is 42.9 Å². The average Bonchev–Trinajstić information content (AvgIpc) is 3.14. The Balaban J connectivity index is 2.22. The van der Waals surface area contributed by atoms with Crippen LogP contribution in [0.1, 0.15) is 32.6 Å². The van der Waals surface area contributed by atoms with E-state index >= 15 is 0 Å². The summed E-state index contributed by atoms with van der Waals surface area (Å²) in [7, 11) is 0. The highest BCUT2D eigenvalue weighted by Gasteiger charge is 2.34. The van der Waals surface area contributed by atoms with E-state index in [9.17, 15) is 19.8 Å². The third kappa shape index (κ3) is 3.42. The lowest BCUT2D eigenvalue weighted by Crippen LogP contribution is -2.34. The van der Waals surface area contributed by atoms with Crippen LogP contribution in [0.15, 0.2) is 24.5 Å². The van der Waals surface area contributed by atoms with E-state index in [-0.39, 0.29) is 40.9 Å². The molecule has 3 rings (SSSR count). The van der Waals surface area contributed by atoms with E-state index in [1.807, 2.05) is 6.92 Å². The normalized spacial score (nSPS) is 11.2. The zero-order valence-corrected chi connectivity index (χ0v) is 16.1. The second-order valence-corrected chi connectivity index (χ2v) is 8.29. The molecule has 136 valence electrons. The standard InChI is InChI=1S/C16H14ClN3O4S2/c1-2-25-8-11(21)12-14(22)20(7-9-6-18-16(17)26-9)13-10(15(23)24)4-3-5-19(12)13/h3-6H,2,7-8H2,1H3,(H-,21,22,23,24)/p+1. The predicted octanol–water partition coefficient (Wildman–Crippen LogP) is 2.72. The number of hydrogen-bond acceptors (Lipinski definition) is 6. The van der Waals surface area contributed by atoms with Crippen LogP contribution in [0.3, 0.4) is 0 Å². The molecule has 0 aliphatic carbocycles. The Morgan fingerprint density at radius 3 is 2.85 bits per heavy atom. The van der Waals surface area contributed by atoms with Crippen LogP contribution in [0.5, 0.6) is 5.88 Å².